The highest BCUT2D eigenvalue weighted by Gasteiger charge is 2.17. The first-order valence-corrected chi connectivity index (χ1v) is 6.96. The van der Waals surface area contributed by atoms with Crippen molar-refractivity contribution in [2.75, 3.05) is 0 Å². The summed E-state index contributed by atoms with van der Waals surface area (Å²) in [6.07, 6.45) is 4.35. The van der Waals surface area contributed by atoms with Gasteiger partial charge in [0.25, 0.3) is 0 Å². The van der Waals surface area contributed by atoms with Gasteiger partial charge in [0.15, 0.2) is 0 Å². The molecule has 1 aromatic heterocycles. The molecule has 0 aliphatic rings. The Morgan fingerprint density at radius 2 is 1.79 bits per heavy atom. The Hall–Kier alpha value is -1.54. The fourth-order valence-electron chi connectivity index (χ4n) is 2.20. The van der Waals surface area contributed by atoms with E-state index in [0.717, 1.165) is 19.4 Å². The van der Waals surface area contributed by atoms with Crippen molar-refractivity contribution < 1.29 is 0 Å². The van der Waals surface area contributed by atoms with Gasteiger partial charge in [-0.1, -0.05) is 30.3 Å². The highest BCUT2D eigenvalue weighted by molar-refractivity contribution is 5.15. The third-order valence-corrected chi connectivity index (χ3v) is 3.68. The highest BCUT2D eigenvalue weighted by Crippen LogP contribution is 2.14. The van der Waals surface area contributed by atoms with Gasteiger partial charge in [-0.2, -0.15) is 0 Å². The lowest BCUT2D eigenvalue weighted by atomic mass is 9.95. The van der Waals surface area contributed by atoms with Crippen molar-refractivity contribution in [3.05, 3.63) is 59.9 Å². The Balaban J connectivity index is 1.83. The number of aromatic nitrogens is 1. The Bertz CT molecular complexity index is 497. The molecule has 2 heteroatoms. The molecule has 2 nitrogen and oxygen atoms in total. The Labute approximate surface area is 116 Å². The lowest BCUT2D eigenvalue weighted by Crippen LogP contribution is -2.39. The zero-order valence-electron chi connectivity index (χ0n) is 12.2. The van der Waals surface area contributed by atoms with Crippen LogP contribution in [0.1, 0.15) is 31.5 Å². The molecule has 2 rings (SSSR count). The third-order valence-electron chi connectivity index (χ3n) is 3.68. The molecule has 0 saturated heterocycles. The molecule has 0 amide bonds. The largest absolute Gasteiger partial charge is 0.353 e. The second-order valence-electron chi connectivity index (χ2n) is 5.83. The summed E-state index contributed by atoms with van der Waals surface area (Å²) in [5, 5.41) is 3.65. The maximum Gasteiger partial charge on any atom is 0.0363 e. The molecule has 1 aromatic carbocycles. The zero-order valence-corrected chi connectivity index (χ0v) is 12.2. The van der Waals surface area contributed by atoms with Gasteiger partial charge in [-0.05, 0) is 44.4 Å². The third kappa shape index (κ3) is 4.25. The molecule has 0 atom stereocenters. The predicted molar refractivity (Wildman–Crippen MR) is 81.1 cm³/mol. The minimum Gasteiger partial charge on any atom is -0.353 e. The summed E-state index contributed by atoms with van der Waals surface area (Å²) in [4.78, 5) is 0. The fraction of sp³-hybridized carbons (Fsp3) is 0.412. The van der Waals surface area contributed by atoms with Gasteiger partial charge in [0.05, 0.1) is 0 Å². The van der Waals surface area contributed by atoms with Crippen LogP contribution in [0.5, 0.6) is 0 Å². The summed E-state index contributed by atoms with van der Waals surface area (Å²) in [5.41, 5.74) is 2.89. The molecule has 0 spiro atoms. The number of nitrogens with zero attached hydrogens (tertiary/aromatic N) is 1. The molecule has 0 bridgehead atoms. The van der Waals surface area contributed by atoms with Crippen LogP contribution in [0.2, 0.25) is 0 Å². The zero-order chi connectivity index (χ0) is 13.7. The fourth-order valence-corrected chi connectivity index (χ4v) is 2.20. The van der Waals surface area contributed by atoms with Crippen molar-refractivity contribution in [3.63, 3.8) is 0 Å². The minimum absolute atomic E-state index is 0.153. The SMILES string of the molecule is Cn1cccc1CNC(C)(C)CCc1ccccc1. The van der Waals surface area contributed by atoms with Crippen molar-refractivity contribution in [2.24, 2.45) is 7.05 Å². The number of aryl methyl sites for hydroxylation is 2. The summed E-state index contributed by atoms with van der Waals surface area (Å²) in [5.74, 6) is 0. The van der Waals surface area contributed by atoms with Gasteiger partial charge in [-0.3, -0.25) is 0 Å². The van der Waals surface area contributed by atoms with Crippen LogP contribution < -0.4 is 5.32 Å². The van der Waals surface area contributed by atoms with Crippen LogP contribution in [0, 0.1) is 0 Å². The molecule has 0 saturated carbocycles. The highest BCUT2D eigenvalue weighted by atomic mass is 15.0. The summed E-state index contributed by atoms with van der Waals surface area (Å²) in [6, 6.07) is 15.0. The topological polar surface area (TPSA) is 17.0 Å². The van der Waals surface area contributed by atoms with Gasteiger partial charge in [0, 0.05) is 31.0 Å². The molecule has 0 aliphatic heterocycles. The van der Waals surface area contributed by atoms with Gasteiger partial charge in [0.1, 0.15) is 0 Å². The van der Waals surface area contributed by atoms with Crippen LogP contribution in [-0.2, 0) is 20.0 Å². The van der Waals surface area contributed by atoms with E-state index in [-0.39, 0.29) is 5.54 Å². The monoisotopic (exact) mass is 256 g/mol. The van der Waals surface area contributed by atoms with E-state index in [2.05, 4.69) is 79.4 Å². The van der Waals surface area contributed by atoms with E-state index in [1.54, 1.807) is 0 Å². The van der Waals surface area contributed by atoms with Crippen molar-refractivity contribution in [1.82, 2.24) is 9.88 Å². The van der Waals surface area contributed by atoms with Crippen LogP contribution in [0.4, 0.5) is 0 Å². The maximum atomic E-state index is 3.65. The van der Waals surface area contributed by atoms with Gasteiger partial charge >= 0.3 is 0 Å². The Morgan fingerprint density at radius 1 is 1.05 bits per heavy atom. The van der Waals surface area contributed by atoms with Crippen molar-refractivity contribution in [3.8, 4) is 0 Å². The first-order chi connectivity index (χ1) is 9.07. The number of benzene rings is 1. The molecule has 102 valence electrons. The summed E-state index contributed by atoms with van der Waals surface area (Å²) >= 11 is 0. The molecule has 0 fully saturated rings. The van der Waals surface area contributed by atoms with E-state index in [1.807, 2.05) is 0 Å². The van der Waals surface area contributed by atoms with E-state index in [9.17, 15) is 0 Å². The summed E-state index contributed by atoms with van der Waals surface area (Å²) < 4.78 is 2.17. The quantitative estimate of drug-likeness (QED) is 0.836. The standard InChI is InChI=1S/C17H24N2/c1-17(2,12-11-15-8-5-4-6-9-15)18-14-16-10-7-13-19(16)3/h4-10,13,18H,11-12,14H2,1-3H3. The minimum atomic E-state index is 0.153. The van der Waals surface area contributed by atoms with Gasteiger partial charge in [0.2, 0.25) is 0 Å². The van der Waals surface area contributed by atoms with Crippen LogP contribution >= 0.6 is 0 Å². The lowest BCUT2D eigenvalue weighted by molar-refractivity contribution is 0.356. The molecule has 0 aliphatic carbocycles. The Morgan fingerprint density at radius 3 is 2.42 bits per heavy atom. The van der Waals surface area contributed by atoms with E-state index in [0.29, 0.717) is 0 Å². The van der Waals surface area contributed by atoms with Crippen LogP contribution in [-0.4, -0.2) is 10.1 Å². The molecule has 0 unspecified atom stereocenters. The first-order valence-electron chi connectivity index (χ1n) is 6.96. The number of nitrogens with one attached hydrogen (secondary N) is 1. The van der Waals surface area contributed by atoms with Crippen LogP contribution in [0.25, 0.3) is 0 Å². The number of hydrogen-bond donors (Lipinski definition) is 1. The number of hydrogen-bond acceptors (Lipinski definition) is 1. The average Bonchev–Trinajstić information content (AvgIpc) is 2.81. The van der Waals surface area contributed by atoms with Gasteiger partial charge in [-0.25, -0.2) is 0 Å². The normalized spacial score (nSPS) is 11.7. The smallest absolute Gasteiger partial charge is 0.0363 e. The van der Waals surface area contributed by atoms with Crippen molar-refractivity contribution in [2.45, 2.75) is 38.8 Å². The summed E-state index contributed by atoms with van der Waals surface area (Å²) in [7, 11) is 2.09. The van der Waals surface area contributed by atoms with E-state index in [1.165, 1.54) is 11.3 Å². The Kier molecular flexibility index (Phi) is 4.43. The van der Waals surface area contributed by atoms with Crippen LogP contribution in [0.3, 0.4) is 0 Å². The summed E-state index contributed by atoms with van der Waals surface area (Å²) in [6.45, 7) is 5.48. The van der Waals surface area contributed by atoms with Crippen molar-refractivity contribution in [1.29, 1.82) is 0 Å². The first kappa shape index (κ1) is 13.9. The second-order valence-corrected chi connectivity index (χ2v) is 5.83. The van der Waals surface area contributed by atoms with E-state index < -0.39 is 0 Å². The van der Waals surface area contributed by atoms with Gasteiger partial charge < -0.3 is 9.88 Å². The van der Waals surface area contributed by atoms with Crippen molar-refractivity contribution >= 4 is 0 Å². The number of rotatable bonds is 6. The second kappa shape index (κ2) is 6.07. The van der Waals surface area contributed by atoms with Crippen LogP contribution in [0.15, 0.2) is 48.7 Å². The average molecular weight is 256 g/mol. The molecule has 1 N–H and O–H groups in total. The predicted octanol–water partition coefficient (Wildman–Crippen LogP) is 3.53. The maximum absolute atomic E-state index is 3.65. The van der Waals surface area contributed by atoms with E-state index in [4.69, 9.17) is 0 Å². The molecular weight excluding hydrogens is 232 g/mol. The molecule has 19 heavy (non-hydrogen) atoms. The molecule has 2 aromatic rings. The molecular formula is C17H24N2. The molecule has 1 heterocycles. The molecule has 0 radical (unpaired) electrons. The van der Waals surface area contributed by atoms with E-state index >= 15 is 0 Å². The van der Waals surface area contributed by atoms with Gasteiger partial charge in [-0.15, -0.1) is 0 Å². The lowest BCUT2D eigenvalue weighted by Gasteiger charge is -2.26.